The van der Waals surface area contributed by atoms with Gasteiger partial charge in [0.1, 0.15) is 24.6 Å². The van der Waals surface area contributed by atoms with E-state index in [1.54, 1.807) is 11.4 Å². The molecule has 0 saturated heterocycles. The van der Waals surface area contributed by atoms with Crippen LogP contribution in [-0.2, 0) is 36.2 Å². The maximum atomic E-state index is 13.5. The predicted molar refractivity (Wildman–Crippen MR) is 155 cm³/mol. The van der Waals surface area contributed by atoms with Gasteiger partial charge in [0.2, 0.25) is 10.0 Å². The molecule has 0 bridgehead atoms. The van der Waals surface area contributed by atoms with Crippen LogP contribution in [0.5, 0.6) is 11.5 Å². The lowest BCUT2D eigenvalue weighted by molar-refractivity contribution is -0.137. The van der Waals surface area contributed by atoms with Crippen molar-refractivity contribution in [1.29, 1.82) is 0 Å². The number of fused-ring (bicyclic) bond motifs is 1. The van der Waals surface area contributed by atoms with E-state index in [1.807, 2.05) is 0 Å². The largest absolute Gasteiger partial charge is 0.497 e. The van der Waals surface area contributed by atoms with Gasteiger partial charge in [0.25, 0.3) is 10.0 Å². The van der Waals surface area contributed by atoms with Crippen molar-refractivity contribution in [3.8, 4) is 11.5 Å². The minimum atomic E-state index is -4.34. The van der Waals surface area contributed by atoms with Gasteiger partial charge in [-0.05, 0) is 83.1 Å². The first kappa shape index (κ1) is 30.8. The number of carboxylic acids is 2. The van der Waals surface area contributed by atoms with E-state index in [0.29, 0.717) is 27.1 Å². The van der Waals surface area contributed by atoms with E-state index in [2.05, 4.69) is 0 Å². The first-order valence-electron chi connectivity index (χ1n) is 12.1. The van der Waals surface area contributed by atoms with Gasteiger partial charge in [0.05, 0.1) is 29.7 Å². The fraction of sp³-hybridized carbons (Fsp3) is 0.185. The van der Waals surface area contributed by atoms with E-state index in [1.165, 1.54) is 86.2 Å². The lowest BCUT2D eigenvalue weighted by atomic mass is 10.1. The Bertz CT molecular complexity index is 1820. The van der Waals surface area contributed by atoms with E-state index in [4.69, 9.17) is 9.47 Å². The number of carboxylic acid groups (broad SMARTS) is 2. The van der Waals surface area contributed by atoms with Gasteiger partial charge in [-0.1, -0.05) is 0 Å². The van der Waals surface area contributed by atoms with Gasteiger partial charge in [0.15, 0.2) is 0 Å². The van der Waals surface area contributed by atoms with Gasteiger partial charge in [-0.2, -0.15) is 4.31 Å². The van der Waals surface area contributed by atoms with E-state index in [0.717, 1.165) is 8.61 Å². The molecule has 0 amide bonds. The van der Waals surface area contributed by atoms with Crippen LogP contribution in [-0.4, -0.2) is 70.6 Å². The number of benzene rings is 3. The number of aliphatic carboxylic acids is 2. The Hall–Kier alpha value is -4.18. The zero-order valence-corrected chi connectivity index (χ0v) is 24.8. The number of ether oxygens (including phenoxy) is 2. The van der Waals surface area contributed by atoms with Crippen LogP contribution in [0.4, 0.5) is 5.69 Å². The third-order valence-corrected chi connectivity index (χ3v) is 10.8. The van der Waals surface area contributed by atoms with Gasteiger partial charge < -0.3 is 19.7 Å². The molecular formula is C27H26N2O10S3. The average molecular weight is 635 g/mol. The number of thiophene rings is 1. The van der Waals surface area contributed by atoms with Crippen molar-refractivity contribution in [2.45, 2.75) is 16.3 Å². The lowest BCUT2D eigenvalue weighted by Crippen LogP contribution is -2.36. The van der Waals surface area contributed by atoms with Crippen LogP contribution in [0.1, 0.15) is 5.56 Å². The summed E-state index contributed by atoms with van der Waals surface area (Å²) in [6, 6.07) is 15.5. The zero-order chi connectivity index (χ0) is 30.7. The van der Waals surface area contributed by atoms with Crippen LogP contribution in [0.15, 0.2) is 81.9 Å². The van der Waals surface area contributed by atoms with Gasteiger partial charge in [-0.3, -0.25) is 13.9 Å². The summed E-state index contributed by atoms with van der Waals surface area (Å²) in [5.41, 5.74) is 0.440. The summed E-state index contributed by atoms with van der Waals surface area (Å²) in [5.74, 6) is -1.93. The molecule has 222 valence electrons. The van der Waals surface area contributed by atoms with E-state index in [9.17, 15) is 36.6 Å². The molecule has 0 unspecified atom stereocenters. The average Bonchev–Trinajstić information content (AvgIpc) is 3.37. The molecule has 1 heterocycles. The highest BCUT2D eigenvalue weighted by Gasteiger charge is 2.30. The molecule has 15 heteroatoms. The predicted octanol–water partition coefficient (Wildman–Crippen LogP) is 3.47. The van der Waals surface area contributed by atoms with Crippen LogP contribution in [0, 0.1) is 0 Å². The van der Waals surface area contributed by atoms with Crippen molar-refractivity contribution in [3.05, 3.63) is 77.7 Å². The minimum absolute atomic E-state index is 0.0307. The molecule has 0 fully saturated rings. The molecule has 2 N–H and O–H groups in total. The van der Waals surface area contributed by atoms with Crippen molar-refractivity contribution in [2.75, 3.05) is 31.6 Å². The molecule has 12 nitrogen and oxygen atoms in total. The Balaban J connectivity index is 1.76. The number of nitrogens with zero attached hydrogens (tertiary/aromatic N) is 2. The fourth-order valence-electron chi connectivity index (χ4n) is 4.12. The van der Waals surface area contributed by atoms with Crippen molar-refractivity contribution in [1.82, 2.24) is 4.31 Å². The topological polar surface area (TPSA) is 168 Å². The summed E-state index contributed by atoms with van der Waals surface area (Å²) in [4.78, 5) is 23.1. The molecule has 0 radical (unpaired) electrons. The molecule has 0 saturated carbocycles. The van der Waals surface area contributed by atoms with Crippen LogP contribution in [0.25, 0.3) is 10.1 Å². The van der Waals surface area contributed by atoms with Crippen LogP contribution < -0.4 is 13.8 Å². The second kappa shape index (κ2) is 12.4. The summed E-state index contributed by atoms with van der Waals surface area (Å²) in [5, 5.41) is 21.1. The van der Waals surface area contributed by atoms with E-state index in [-0.39, 0.29) is 22.0 Å². The standard InChI is InChI=1S/C27H26N2O10S3/c1-38-20-4-8-22(9-5-20)41(34,35)28(15-26(30)31)14-18-17-40-25-12-3-19(13-24(18)25)29(16-27(32)33)42(36,37)23-10-6-21(39-2)7-11-23/h3-13,17H,14-16H2,1-2H3,(H,30,31)(H,32,33). The molecule has 42 heavy (non-hydrogen) atoms. The Morgan fingerprint density at radius 3 is 1.79 bits per heavy atom. The molecule has 4 rings (SSSR count). The number of anilines is 1. The highest BCUT2D eigenvalue weighted by molar-refractivity contribution is 7.92. The van der Waals surface area contributed by atoms with Gasteiger partial charge >= 0.3 is 11.9 Å². The number of hydrogen-bond acceptors (Lipinski definition) is 9. The van der Waals surface area contributed by atoms with Crippen LogP contribution in [0.2, 0.25) is 0 Å². The monoisotopic (exact) mass is 634 g/mol. The molecule has 0 aliphatic carbocycles. The maximum absolute atomic E-state index is 13.5. The highest BCUT2D eigenvalue weighted by atomic mass is 32.2. The summed E-state index contributed by atoms with van der Waals surface area (Å²) < 4.78 is 66.2. The molecule has 0 atom stereocenters. The fourth-order valence-corrected chi connectivity index (χ4v) is 7.83. The Morgan fingerprint density at radius 1 is 0.762 bits per heavy atom. The molecule has 0 aliphatic heterocycles. The second-order valence-electron chi connectivity index (χ2n) is 8.86. The minimum Gasteiger partial charge on any atom is -0.497 e. The van der Waals surface area contributed by atoms with Gasteiger partial charge in [-0.15, -0.1) is 11.3 Å². The molecular weight excluding hydrogens is 609 g/mol. The second-order valence-corrected chi connectivity index (χ2v) is 13.6. The van der Waals surface area contributed by atoms with Crippen molar-refractivity contribution < 1.29 is 46.1 Å². The van der Waals surface area contributed by atoms with Gasteiger partial charge in [0, 0.05) is 11.2 Å². The first-order valence-corrected chi connectivity index (χ1v) is 15.9. The third-order valence-electron chi connectivity index (χ3n) is 6.21. The summed E-state index contributed by atoms with van der Waals surface area (Å²) in [7, 11) is -5.75. The molecule has 3 aromatic carbocycles. The number of carbonyl (C=O) groups is 2. The summed E-state index contributed by atoms with van der Waals surface area (Å²) in [6.07, 6.45) is 0. The van der Waals surface area contributed by atoms with Gasteiger partial charge in [-0.25, -0.2) is 16.8 Å². The van der Waals surface area contributed by atoms with Crippen molar-refractivity contribution in [2.24, 2.45) is 0 Å². The summed E-state index contributed by atoms with van der Waals surface area (Å²) in [6.45, 7) is -2.05. The van der Waals surface area contributed by atoms with Crippen LogP contribution >= 0.6 is 11.3 Å². The molecule has 4 aromatic rings. The van der Waals surface area contributed by atoms with Crippen molar-refractivity contribution >= 4 is 59.1 Å². The molecule has 0 spiro atoms. The Labute approximate surface area is 246 Å². The normalized spacial score (nSPS) is 11.9. The van der Waals surface area contributed by atoms with E-state index < -0.39 is 45.1 Å². The summed E-state index contributed by atoms with van der Waals surface area (Å²) >= 11 is 1.24. The first-order chi connectivity index (χ1) is 19.9. The number of rotatable bonds is 13. The Morgan fingerprint density at radius 2 is 1.29 bits per heavy atom. The number of hydrogen-bond donors (Lipinski definition) is 2. The third kappa shape index (κ3) is 6.49. The van der Waals surface area contributed by atoms with E-state index >= 15 is 0 Å². The molecule has 1 aromatic heterocycles. The number of methoxy groups -OCH3 is 2. The Kier molecular flexibility index (Phi) is 9.06. The SMILES string of the molecule is COc1ccc(S(=O)(=O)N(CC(=O)O)Cc2csc3ccc(N(CC(=O)O)S(=O)(=O)c4ccc(OC)cc4)cc23)cc1. The smallest absolute Gasteiger partial charge is 0.324 e. The lowest BCUT2D eigenvalue weighted by Gasteiger charge is -2.23. The maximum Gasteiger partial charge on any atom is 0.324 e. The number of sulfonamides is 2. The van der Waals surface area contributed by atoms with Crippen molar-refractivity contribution in [3.63, 3.8) is 0 Å². The quantitative estimate of drug-likeness (QED) is 0.222. The highest BCUT2D eigenvalue weighted by Crippen LogP contribution is 2.34. The van der Waals surface area contributed by atoms with Crippen LogP contribution in [0.3, 0.4) is 0 Å². The molecule has 0 aliphatic rings. The zero-order valence-electron chi connectivity index (χ0n) is 22.3.